The fourth-order valence-corrected chi connectivity index (χ4v) is 2.62. The number of benzene rings is 1. The Morgan fingerprint density at radius 3 is 2.85 bits per heavy atom. The number of carbonyl (C=O) groups is 1. The van der Waals surface area contributed by atoms with E-state index >= 15 is 0 Å². The van der Waals surface area contributed by atoms with Crippen molar-refractivity contribution in [1.29, 1.82) is 0 Å². The summed E-state index contributed by atoms with van der Waals surface area (Å²) in [7, 11) is 0. The second-order valence-corrected chi connectivity index (χ2v) is 5.12. The third-order valence-electron chi connectivity index (χ3n) is 3.03. The SMILES string of the molecule is Cc1c(C(=O)NCCc2ccsc2)cccc1[N+](=O)[O-]. The summed E-state index contributed by atoms with van der Waals surface area (Å²) in [5.41, 5.74) is 1.89. The van der Waals surface area contributed by atoms with E-state index < -0.39 is 4.92 Å². The number of nitrogens with zero attached hydrogens (tertiary/aromatic N) is 1. The maximum Gasteiger partial charge on any atom is 0.273 e. The first-order valence-electron chi connectivity index (χ1n) is 6.13. The van der Waals surface area contributed by atoms with Crippen LogP contribution in [0, 0.1) is 17.0 Å². The molecule has 1 aromatic carbocycles. The Balaban J connectivity index is 2.02. The minimum absolute atomic E-state index is 0.0320. The number of nitro groups is 1. The molecule has 0 atom stereocenters. The van der Waals surface area contributed by atoms with Crippen LogP contribution >= 0.6 is 11.3 Å². The summed E-state index contributed by atoms with van der Waals surface area (Å²) in [4.78, 5) is 22.4. The molecule has 1 amide bonds. The summed E-state index contributed by atoms with van der Waals surface area (Å²) < 4.78 is 0. The number of nitro benzene ring substituents is 1. The van der Waals surface area contributed by atoms with Crippen LogP contribution < -0.4 is 5.32 Å². The Kier molecular flexibility index (Phi) is 4.47. The maximum absolute atomic E-state index is 12.0. The van der Waals surface area contributed by atoms with Gasteiger partial charge in [0.1, 0.15) is 0 Å². The van der Waals surface area contributed by atoms with Crippen LogP contribution in [0.5, 0.6) is 0 Å². The molecule has 0 bridgehead atoms. The van der Waals surface area contributed by atoms with E-state index in [2.05, 4.69) is 5.32 Å². The number of hydrogen-bond acceptors (Lipinski definition) is 4. The highest BCUT2D eigenvalue weighted by Gasteiger charge is 2.17. The van der Waals surface area contributed by atoms with Crippen LogP contribution in [0.1, 0.15) is 21.5 Å². The molecule has 20 heavy (non-hydrogen) atoms. The molecule has 0 aliphatic carbocycles. The van der Waals surface area contributed by atoms with E-state index in [1.165, 1.54) is 17.7 Å². The second kappa shape index (κ2) is 6.29. The number of rotatable bonds is 5. The molecule has 0 unspecified atom stereocenters. The van der Waals surface area contributed by atoms with Crippen molar-refractivity contribution in [3.63, 3.8) is 0 Å². The molecule has 1 heterocycles. The van der Waals surface area contributed by atoms with E-state index in [9.17, 15) is 14.9 Å². The zero-order valence-corrected chi connectivity index (χ0v) is 11.8. The van der Waals surface area contributed by atoms with Gasteiger partial charge in [-0.15, -0.1) is 0 Å². The van der Waals surface area contributed by atoms with Crippen molar-refractivity contribution in [2.75, 3.05) is 6.54 Å². The molecule has 0 fully saturated rings. The van der Waals surface area contributed by atoms with Gasteiger partial charge in [0, 0.05) is 23.7 Å². The third kappa shape index (κ3) is 3.21. The molecule has 5 nitrogen and oxygen atoms in total. The Labute approximate surface area is 120 Å². The molecule has 0 radical (unpaired) electrons. The van der Waals surface area contributed by atoms with Crippen LogP contribution in [0.3, 0.4) is 0 Å². The highest BCUT2D eigenvalue weighted by molar-refractivity contribution is 7.07. The minimum Gasteiger partial charge on any atom is -0.352 e. The quantitative estimate of drug-likeness (QED) is 0.679. The van der Waals surface area contributed by atoms with Crippen LogP contribution in [0.4, 0.5) is 5.69 Å². The molecule has 6 heteroatoms. The average Bonchev–Trinajstić information content (AvgIpc) is 2.91. The first-order chi connectivity index (χ1) is 9.59. The number of nitrogens with one attached hydrogen (secondary N) is 1. The van der Waals surface area contributed by atoms with Crippen LogP contribution in [0.25, 0.3) is 0 Å². The van der Waals surface area contributed by atoms with Crippen LogP contribution in [0.15, 0.2) is 35.0 Å². The highest BCUT2D eigenvalue weighted by atomic mass is 32.1. The molecule has 0 aliphatic heterocycles. The van der Waals surface area contributed by atoms with Gasteiger partial charge in [-0.25, -0.2) is 0 Å². The normalized spacial score (nSPS) is 10.2. The monoisotopic (exact) mass is 290 g/mol. The maximum atomic E-state index is 12.0. The van der Waals surface area contributed by atoms with Crippen molar-refractivity contribution in [3.05, 3.63) is 61.8 Å². The van der Waals surface area contributed by atoms with Gasteiger partial charge in [0.25, 0.3) is 11.6 Å². The number of amides is 1. The summed E-state index contributed by atoms with van der Waals surface area (Å²) in [6, 6.07) is 6.54. The standard InChI is InChI=1S/C14H14N2O3S/c1-10-12(3-2-4-13(10)16(18)19)14(17)15-7-5-11-6-8-20-9-11/h2-4,6,8-9H,5,7H2,1H3,(H,15,17). The van der Waals surface area contributed by atoms with E-state index in [0.717, 1.165) is 6.42 Å². The van der Waals surface area contributed by atoms with Crippen LogP contribution in [-0.4, -0.2) is 17.4 Å². The van der Waals surface area contributed by atoms with Gasteiger partial charge in [0.05, 0.1) is 4.92 Å². The summed E-state index contributed by atoms with van der Waals surface area (Å²) in [6.07, 6.45) is 0.753. The average molecular weight is 290 g/mol. The lowest BCUT2D eigenvalue weighted by atomic mass is 10.1. The molecular formula is C14H14N2O3S. The first-order valence-corrected chi connectivity index (χ1v) is 7.07. The zero-order chi connectivity index (χ0) is 14.5. The van der Waals surface area contributed by atoms with Gasteiger partial charge in [0.2, 0.25) is 0 Å². The Morgan fingerprint density at radius 2 is 2.20 bits per heavy atom. The lowest BCUT2D eigenvalue weighted by Crippen LogP contribution is -2.26. The van der Waals surface area contributed by atoms with Gasteiger partial charge in [-0.3, -0.25) is 14.9 Å². The highest BCUT2D eigenvalue weighted by Crippen LogP contribution is 2.20. The number of hydrogen-bond donors (Lipinski definition) is 1. The summed E-state index contributed by atoms with van der Waals surface area (Å²) in [5, 5.41) is 17.6. The predicted molar refractivity (Wildman–Crippen MR) is 78.2 cm³/mol. The summed E-state index contributed by atoms with van der Waals surface area (Å²) >= 11 is 1.61. The fraction of sp³-hybridized carbons (Fsp3) is 0.214. The predicted octanol–water partition coefficient (Wildman–Crippen LogP) is 2.94. The van der Waals surface area contributed by atoms with Crippen LogP contribution in [-0.2, 0) is 6.42 Å². The Morgan fingerprint density at radius 1 is 1.40 bits per heavy atom. The molecule has 1 aromatic heterocycles. The van der Waals surface area contributed by atoms with Crippen molar-refractivity contribution < 1.29 is 9.72 Å². The minimum atomic E-state index is -0.475. The van der Waals surface area contributed by atoms with Crippen molar-refractivity contribution in [2.24, 2.45) is 0 Å². The van der Waals surface area contributed by atoms with Crippen molar-refractivity contribution >= 4 is 22.9 Å². The van der Waals surface area contributed by atoms with Gasteiger partial charge in [0.15, 0.2) is 0 Å². The van der Waals surface area contributed by atoms with E-state index in [-0.39, 0.29) is 11.6 Å². The summed E-state index contributed by atoms with van der Waals surface area (Å²) in [6.45, 7) is 2.10. The fourth-order valence-electron chi connectivity index (χ4n) is 1.92. The van der Waals surface area contributed by atoms with Gasteiger partial charge in [-0.1, -0.05) is 6.07 Å². The topological polar surface area (TPSA) is 72.2 Å². The van der Waals surface area contributed by atoms with E-state index in [1.54, 1.807) is 24.3 Å². The molecule has 0 spiro atoms. The van der Waals surface area contributed by atoms with Gasteiger partial charge >= 0.3 is 0 Å². The Hall–Kier alpha value is -2.21. The molecule has 0 saturated carbocycles. The molecular weight excluding hydrogens is 276 g/mol. The molecule has 0 aliphatic rings. The lowest BCUT2D eigenvalue weighted by Gasteiger charge is -2.07. The molecule has 1 N–H and O–H groups in total. The van der Waals surface area contributed by atoms with Crippen LogP contribution in [0.2, 0.25) is 0 Å². The van der Waals surface area contributed by atoms with Gasteiger partial charge in [-0.2, -0.15) is 11.3 Å². The Bertz CT molecular complexity index is 623. The lowest BCUT2D eigenvalue weighted by molar-refractivity contribution is -0.385. The van der Waals surface area contributed by atoms with E-state index in [4.69, 9.17) is 0 Å². The smallest absolute Gasteiger partial charge is 0.273 e. The second-order valence-electron chi connectivity index (χ2n) is 4.34. The van der Waals surface area contributed by atoms with Gasteiger partial charge in [-0.05, 0) is 41.8 Å². The largest absolute Gasteiger partial charge is 0.352 e. The molecule has 104 valence electrons. The molecule has 2 rings (SSSR count). The van der Waals surface area contributed by atoms with Crippen molar-refractivity contribution in [2.45, 2.75) is 13.3 Å². The van der Waals surface area contributed by atoms with Gasteiger partial charge < -0.3 is 5.32 Å². The number of thiophene rings is 1. The van der Waals surface area contributed by atoms with E-state index in [1.807, 2.05) is 16.8 Å². The first kappa shape index (κ1) is 14.2. The summed E-state index contributed by atoms with van der Waals surface area (Å²) in [5.74, 6) is -0.276. The zero-order valence-electron chi connectivity index (χ0n) is 11.0. The van der Waals surface area contributed by atoms with E-state index in [0.29, 0.717) is 17.7 Å². The van der Waals surface area contributed by atoms with Crippen molar-refractivity contribution in [3.8, 4) is 0 Å². The third-order valence-corrected chi connectivity index (χ3v) is 3.76. The number of carbonyl (C=O) groups excluding carboxylic acids is 1. The molecule has 0 saturated heterocycles. The van der Waals surface area contributed by atoms with Crippen molar-refractivity contribution in [1.82, 2.24) is 5.32 Å². The molecule has 2 aromatic rings.